The molecule has 0 saturated carbocycles. The molecule has 0 bridgehead atoms. The summed E-state index contributed by atoms with van der Waals surface area (Å²) in [5, 5.41) is 3.44. The molecule has 0 unspecified atom stereocenters. The maximum absolute atomic E-state index is 11.4. The summed E-state index contributed by atoms with van der Waals surface area (Å²) >= 11 is 1.88. The van der Waals surface area contributed by atoms with Crippen LogP contribution in [0.3, 0.4) is 0 Å². The molecular weight excluding hydrogens is 244 g/mol. The number of anilines is 2. The third kappa shape index (κ3) is 2.99. The summed E-state index contributed by atoms with van der Waals surface area (Å²) in [7, 11) is 0. The molecule has 0 spiro atoms. The number of hydrogen-bond donors (Lipinski definition) is 1. The van der Waals surface area contributed by atoms with Gasteiger partial charge >= 0.3 is 0 Å². The first kappa shape index (κ1) is 13.3. The summed E-state index contributed by atoms with van der Waals surface area (Å²) in [6, 6.07) is 6.30. The number of carbonyl (C=O) groups excluding carboxylic acids is 1. The lowest BCUT2D eigenvalue weighted by Gasteiger charge is -2.15. The Kier molecular flexibility index (Phi) is 4.53. The summed E-state index contributed by atoms with van der Waals surface area (Å²) in [5.41, 5.74) is 3.53. The van der Waals surface area contributed by atoms with Gasteiger partial charge in [-0.2, -0.15) is 11.8 Å². The van der Waals surface area contributed by atoms with Gasteiger partial charge in [0.15, 0.2) is 0 Å². The molecule has 2 rings (SSSR count). The number of nitrogens with zero attached hydrogens (tertiary/aromatic N) is 1. The van der Waals surface area contributed by atoms with Crippen LogP contribution in [0.15, 0.2) is 18.2 Å². The van der Waals surface area contributed by atoms with E-state index in [0.717, 1.165) is 25.2 Å². The number of carbonyl (C=O) groups is 1. The maximum atomic E-state index is 11.4. The van der Waals surface area contributed by atoms with Gasteiger partial charge in [0.05, 0.1) is 0 Å². The van der Waals surface area contributed by atoms with Gasteiger partial charge < -0.3 is 10.2 Å². The smallest absolute Gasteiger partial charge is 0.223 e. The Labute approximate surface area is 113 Å². The molecule has 0 aromatic heterocycles. The van der Waals surface area contributed by atoms with Crippen LogP contribution in [-0.2, 0) is 11.2 Å². The third-order valence-corrected chi connectivity index (χ3v) is 3.91. The first-order valence-corrected chi connectivity index (χ1v) is 7.75. The van der Waals surface area contributed by atoms with Gasteiger partial charge in [0.2, 0.25) is 5.91 Å². The van der Waals surface area contributed by atoms with Gasteiger partial charge in [-0.3, -0.25) is 4.79 Å². The maximum Gasteiger partial charge on any atom is 0.223 e. The fraction of sp³-hybridized carbons (Fsp3) is 0.500. The van der Waals surface area contributed by atoms with E-state index in [4.69, 9.17) is 0 Å². The van der Waals surface area contributed by atoms with Crippen molar-refractivity contribution in [2.45, 2.75) is 19.8 Å². The lowest BCUT2D eigenvalue weighted by atomic mass is 10.1. The van der Waals surface area contributed by atoms with Gasteiger partial charge in [0, 0.05) is 31.4 Å². The van der Waals surface area contributed by atoms with Gasteiger partial charge in [-0.1, -0.05) is 0 Å². The van der Waals surface area contributed by atoms with Crippen molar-refractivity contribution in [1.82, 2.24) is 0 Å². The van der Waals surface area contributed by atoms with E-state index in [1.165, 1.54) is 23.4 Å². The van der Waals surface area contributed by atoms with Gasteiger partial charge in [0.25, 0.3) is 0 Å². The SMILES string of the molecule is CSCCCNc1ccc2c(c1)CCN2C(C)=O. The molecule has 0 atom stereocenters. The van der Waals surface area contributed by atoms with Crippen LogP contribution < -0.4 is 10.2 Å². The lowest BCUT2D eigenvalue weighted by molar-refractivity contribution is -0.116. The van der Waals surface area contributed by atoms with Crippen molar-refractivity contribution < 1.29 is 4.79 Å². The summed E-state index contributed by atoms with van der Waals surface area (Å²) in [5.74, 6) is 1.32. The Morgan fingerprint density at radius 2 is 2.33 bits per heavy atom. The molecule has 1 amide bonds. The van der Waals surface area contributed by atoms with E-state index in [1.54, 1.807) is 6.92 Å². The zero-order chi connectivity index (χ0) is 13.0. The zero-order valence-electron chi connectivity index (χ0n) is 11.0. The van der Waals surface area contributed by atoms with E-state index in [9.17, 15) is 4.79 Å². The van der Waals surface area contributed by atoms with Crippen LogP contribution in [-0.4, -0.2) is 31.0 Å². The fourth-order valence-corrected chi connectivity index (χ4v) is 2.72. The molecule has 0 radical (unpaired) electrons. The minimum Gasteiger partial charge on any atom is -0.385 e. The molecule has 0 saturated heterocycles. The summed E-state index contributed by atoms with van der Waals surface area (Å²) in [6.45, 7) is 3.46. The Morgan fingerprint density at radius 1 is 1.50 bits per heavy atom. The molecule has 1 aliphatic heterocycles. The van der Waals surface area contributed by atoms with E-state index in [1.807, 2.05) is 16.7 Å². The van der Waals surface area contributed by atoms with Crippen molar-refractivity contribution >= 4 is 29.0 Å². The highest BCUT2D eigenvalue weighted by molar-refractivity contribution is 7.98. The molecule has 1 aromatic carbocycles. The van der Waals surface area contributed by atoms with Crippen molar-refractivity contribution in [3.05, 3.63) is 23.8 Å². The van der Waals surface area contributed by atoms with E-state index >= 15 is 0 Å². The van der Waals surface area contributed by atoms with Crippen LogP contribution >= 0.6 is 11.8 Å². The first-order valence-electron chi connectivity index (χ1n) is 6.36. The number of benzene rings is 1. The highest BCUT2D eigenvalue weighted by Gasteiger charge is 2.21. The Bertz CT molecular complexity index is 434. The molecule has 3 nitrogen and oxygen atoms in total. The van der Waals surface area contributed by atoms with E-state index in [0.29, 0.717) is 0 Å². The molecular formula is C14H20N2OS. The number of hydrogen-bond acceptors (Lipinski definition) is 3. The van der Waals surface area contributed by atoms with Crippen molar-refractivity contribution in [3.8, 4) is 0 Å². The molecule has 0 fully saturated rings. The van der Waals surface area contributed by atoms with Gasteiger partial charge in [-0.15, -0.1) is 0 Å². The van der Waals surface area contributed by atoms with Gasteiger partial charge in [-0.05, 0) is 48.6 Å². The molecule has 1 heterocycles. The van der Waals surface area contributed by atoms with Gasteiger partial charge in [0.1, 0.15) is 0 Å². The van der Waals surface area contributed by atoms with Crippen LogP contribution in [0.2, 0.25) is 0 Å². The Hall–Kier alpha value is -1.16. The predicted molar refractivity (Wildman–Crippen MR) is 79.7 cm³/mol. The standard InChI is InChI=1S/C14H20N2OS/c1-11(17)16-8-6-12-10-13(4-5-14(12)16)15-7-3-9-18-2/h4-5,10,15H,3,6-9H2,1-2H3. The molecule has 18 heavy (non-hydrogen) atoms. The summed E-state index contributed by atoms with van der Waals surface area (Å²) < 4.78 is 0. The number of nitrogens with one attached hydrogen (secondary N) is 1. The largest absolute Gasteiger partial charge is 0.385 e. The average molecular weight is 264 g/mol. The summed E-state index contributed by atoms with van der Waals surface area (Å²) in [4.78, 5) is 13.3. The molecule has 1 aromatic rings. The minimum absolute atomic E-state index is 0.134. The van der Waals surface area contributed by atoms with Crippen molar-refractivity contribution in [2.24, 2.45) is 0 Å². The van der Waals surface area contributed by atoms with E-state index in [2.05, 4.69) is 29.8 Å². The highest BCUT2D eigenvalue weighted by Crippen LogP contribution is 2.30. The van der Waals surface area contributed by atoms with Gasteiger partial charge in [-0.25, -0.2) is 0 Å². The second-order valence-electron chi connectivity index (χ2n) is 4.54. The monoisotopic (exact) mass is 264 g/mol. The second kappa shape index (κ2) is 6.14. The summed E-state index contributed by atoms with van der Waals surface area (Å²) in [6.07, 6.45) is 4.28. The van der Waals surface area contributed by atoms with Crippen LogP contribution in [0.1, 0.15) is 18.9 Å². The van der Waals surface area contributed by atoms with E-state index < -0.39 is 0 Å². The fourth-order valence-electron chi connectivity index (χ4n) is 2.29. The van der Waals surface area contributed by atoms with Crippen LogP contribution in [0.4, 0.5) is 11.4 Å². The number of thioether (sulfide) groups is 1. The first-order chi connectivity index (χ1) is 8.72. The molecule has 0 aliphatic carbocycles. The normalized spacial score (nSPS) is 13.6. The average Bonchev–Trinajstić information content (AvgIpc) is 2.77. The Balaban J connectivity index is 1.99. The molecule has 4 heteroatoms. The predicted octanol–water partition coefficient (Wildman–Crippen LogP) is 2.76. The minimum atomic E-state index is 0.134. The van der Waals surface area contributed by atoms with Crippen molar-refractivity contribution in [3.63, 3.8) is 0 Å². The number of rotatable bonds is 5. The highest BCUT2D eigenvalue weighted by atomic mass is 32.2. The number of amides is 1. The zero-order valence-corrected chi connectivity index (χ0v) is 11.8. The Morgan fingerprint density at radius 3 is 3.06 bits per heavy atom. The van der Waals surface area contributed by atoms with E-state index in [-0.39, 0.29) is 5.91 Å². The molecule has 1 aliphatic rings. The second-order valence-corrected chi connectivity index (χ2v) is 5.52. The quantitative estimate of drug-likeness (QED) is 0.830. The molecule has 1 N–H and O–H groups in total. The third-order valence-electron chi connectivity index (χ3n) is 3.21. The topological polar surface area (TPSA) is 32.3 Å². The van der Waals surface area contributed by atoms with Crippen molar-refractivity contribution in [2.75, 3.05) is 35.3 Å². The van der Waals surface area contributed by atoms with Crippen LogP contribution in [0.5, 0.6) is 0 Å². The van der Waals surface area contributed by atoms with Crippen LogP contribution in [0.25, 0.3) is 0 Å². The number of fused-ring (bicyclic) bond motifs is 1. The lowest BCUT2D eigenvalue weighted by Crippen LogP contribution is -2.25. The molecule has 98 valence electrons. The van der Waals surface area contributed by atoms with Crippen molar-refractivity contribution in [1.29, 1.82) is 0 Å². The van der Waals surface area contributed by atoms with Crippen LogP contribution in [0, 0.1) is 0 Å².